The van der Waals surface area contributed by atoms with Gasteiger partial charge in [0.2, 0.25) is 11.0 Å². The van der Waals surface area contributed by atoms with Crippen LogP contribution in [-0.4, -0.2) is 20.9 Å². The monoisotopic (exact) mass is 305 g/mol. The van der Waals surface area contributed by atoms with Gasteiger partial charge in [-0.15, -0.1) is 10.2 Å². The van der Waals surface area contributed by atoms with Gasteiger partial charge in [0.25, 0.3) is 0 Å². The number of carbonyl (C=O) groups is 1. The first-order valence-electron chi connectivity index (χ1n) is 5.20. The van der Waals surface area contributed by atoms with E-state index in [9.17, 15) is 4.79 Å². The highest BCUT2D eigenvalue weighted by Crippen LogP contribution is 2.23. The van der Waals surface area contributed by atoms with Gasteiger partial charge in [-0.05, 0) is 5.92 Å². The summed E-state index contributed by atoms with van der Waals surface area (Å²) in [6.07, 6.45) is 0. The van der Waals surface area contributed by atoms with Crippen LogP contribution in [0.4, 0.5) is 5.13 Å². The second-order valence-electron chi connectivity index (χ2n) is 4.24. The van der Waals surface area contributed by atoms with Crippen LogP contribution in [0.15, 0.2) is 0 Å². The molecule has 1 amide bonds. The molecule has 0 aliphatic heterocycles. The average Bonchev–Trinajstić information content (AvgIpc) is 2.64. The van der Waals surface area contributed by atoms with E-state index in [2.05, 4.69) is 31.4 Å². The molecule has 0 fully saturated rings. The first kappa shape index (κ1) is 13.6. The highest BCUT2D eigenvalue weighted by molar-refractivity contribution is 9.10. The van der Waals surface area contributed by atoms with Crippen LogP contribution in [0.3, 0.4) is 0 Å². The number of hydrogen-bond donors (Lipinski definition) is 1. The zero-order valence-electron chi connectivity index (χ0n) is 9.82. The number of hydrogen-bond acceptors (Lipinski definition) is 4. The minimum atomic E-state index is -0.195. The fraction of sp³-hybridized carbons (Fsp3) is 0.700. The Morgan fingerprint density at radius 3 is 2.38 bits per heavy atom. The topological polar surface area (TPSA) is 54.9 Å². The Morgan fingerprint density at radius 2 is 1.94 bits per heavy atom. The Hall–Kier alpha value is -0.490. The van der Waals surface area contributed by atoms with E-state index in [0.29, 0.717) is 11.0 Å². The van der Waals surface area contributed by atoms with E-state index >= 15 is 0 Å². The van der Waals surface area contributed by atoms with Crippen LogP contribution in [0.5, 0.6) is 0 Å². The van der Waals surface area contributed by atoms with Gasteiger partial charge >= 0.3 is 0 Å². The lowest BCUT2D eigenvalue weighted by Gasteiger charge is -2.11. The zero-order valence-corrected chi connectivity index (χ0v) is 12.2. The average molecular weight is 306 g/mol. The second-order valence-corrected chi connectivity index (χ2v) is 6.23. The maximum absolute atomic E-state index is 11.7. The Labute approximate surface area is 108 Å². The van der Waals surface area contributed by atoms with Crippen molar-refractivity contribution >= 4 is 38.3 Å². The molecular weight excluding hydrogens is 290 g/mol. The van der Waals surface area contributed by atoms with Gasteiger partial charge in [0.15, 0.2) is 0 Å². The highest BCUT2D eigenvalue weighted by Gasteiger charge is 2.20. The Bertz CT molecular complexity index is 365. The molecule has 0 saturated heterocycles. The van der Waals surface area contributed by atoms with Crippen molar-refractivity contribution in [3.05, 3.63) is 5.01 Å². The molecule has 16 heavy (non-hydrogen) atoms. The quantitative estimate of drug-likeness (QED) is 0.870. The van der Waals surface area contributed by atoms with Crippen LogP contribution in [-0.2, 0) is 4.79 Å². The van der Waals surface area contributed by atoms with Gasteiger partial charge in [0, 0.05) is 5.92 Å². The molecule has 1 aromatic rings. The van der Waals surface area contributed by atoms with E-state index in [-0.39, 0.29) is 16.7 Å². The number of nitrogens with one attached hydrogen (secondary N) is 1. The number of aromatic nitrogens is 2. The van der Waals surface area contributed by atoms with E-state index in [4.69, 9.17) is 0 Å². The predicted molar refractivity (Wildman–Crippen MR) is 70.2 cm³/mol. The Morgan fingerprint density at radius 1 is 1.31 bits per heavy atom. The number of anilines is 1. The third-order valence-electron chi connectivity index (χ3n) is 2.00. The summed E-state index contributed by atoms with van der Waals surface area (Å²) in [4.78, 5) is 11.5. The van der Waals surface area contributed by atoms with Crippen molar-refractivity contribution in [2.45, 2.75) is 38.4 Å². The van der Waals surface area contributed by atoms with Crippen LogP contribution in [0.2, 0.25) is 0 Å². The maximum atomic E-state index is 11.7. The van der Waals surface area contributed by atoms with Crippen LogP contribution >= 0.6 is 27.3 Å². The van der Waals surface area contributed by atoms with Gasteiger partial charge < -0.3 is 0 Å². The number of alkyl halides is 1. The van der Waals surface area contributed by atoms with E-state index < -0.39 is 0 Å². The molecule has 0 aliphatic carbocycles. The molecule has 4 nitrogen and oxygen atoms in total. The van der Waals surface area contributed by atoms with E-state index in [0.717, 1.165) is 5.01 Å². The van der Waals surface area contributed by atoms with E-state index in [1.807, 2.05) is 27.7 Å². The molecule has 0 spiro atoms. The highest BCUT2D eigenvalue weighted by atomic mass is 79.9. The van der Waals surface area contributed by atoms with Crippen molar-refractivity contribution < 1.29 is 4.79 Å². The minimum absolute atomic E-state index is 0.0681. The molecule has 0 aromatic carbocycles. The van der Waals surface area contributed by atoms with E-state index in [1.165, 1.54) is 11.3 Å². The van der Waals surface area contributed by atoms with Crippen molar-refractivity contribution in [2.75, 3.05) is 5.32 Å². The van der Waals surface area contributed by atoms with Crippen LogP contribution in [0, 0.1) is 5.92 Å². The lowest BCUT2D eigenvalue weighted by atomic mass is 10.1. The minimum Gasteiger partial charge on any atom is -0.300 e. The summed E-state index contributed by atoms with van der Waals surface area (Å²) >= 11 is 4.77. The molecule has 1 aromatic heterocycles. The molecule has 1 heterocycles. The number of rotatable bonds is 4. The predicted octanol–water partition coefficient (Wildman–Crippen LogP) is 3.02. The summed E-state index contributed by atoms with van der Waals surface area (Å²) in [6, 6.07) is 0. The normalized spacial score (nSPS) is 13.2. The molecule has 90 valence electrons. The van der Waals surface area contributed by atoms with E-state index in [1.54, 1.807) is 0 Å². The molecule has 1 atom stereocenters. The lowest BCUT2D eigenvalue weighted by Crippen LogP contribution is -2.26. The van der Waals surface area contributed by atoms with Crippen molar-refractivity contribution in [3.63, 3.8) is 0 Å². The summed E-state index contributed by atoms with van der Waals surface area (Å²) in [6.45, 7) is 8.07. The lowest BCUT2D eigenvalue weighted by molar-refractivity contribution is -0.116. The largest absolute Gasteiger partial charge is 0.300 e. The third-order valence-corrected chi connectivity index (χ3v) is 4.61. The van der Waals surface area contributed by atoms with Crippen molar-refractivity contribution in [1.82, 2.24) is 10.2 Å². The molecule has 0 saturated carbocycles. The first-order valence-corrected chi connectivity index (χ1v) is 6.93. The fourth-order valence-electron chi connectivity index (χ4n) is 0.995. The molecule has 1 unspecified atom stereocenters. The van der Waals surface area contributed by atoms with Gasteiger partial charge in [0.05, 0.1) is 4.83 Å². The molecule has 0 aliphatic rings. The van der Waals surface area contributed by atoms with Crippen LogP contribution in [0.1, 0.15) is 38.6 Å². The summed E-state index contributed by atoms with van der Waals surface area (Å²) in [5.74, 6) is 0.520. The van der Waals surface area contributed by atoms with Gasteiger partial charge in [0.1, 0.15) is 5.01 Å². The molecule has 1 N–H and O–H groups in total. The summed E-state index contributed by atoms with van der Waals surface area (Å²) in [7, 11) is 0. The maximum Gasteiger partial charge on any atom is 0.240 e. The number of halogens is 1. The number of amides is 1. The van der Waals surface area contributed by atoms with Gasteiger partial charge in [-0.2, -0.15) is 0 Å². The van der Waals surface area contributed by atoms with Crippen LogP contribution in [0.25, 0.3) is 0 Å². The smallest absolute Gasteiger partial charge is 0.240 e. The fourth-order valence-corrected chi connectivity index (χ4v) is 1.86. The first-order chi connectivity index (χ1) is 7.41. The van der Waals surface area contributed by atoms with Gasteiger partial charge in [-0.3, -0.25) is 10.1 Å². The molecule has 6 heteroatoms. The number of carbonyl (C=O) groups excluding carboxylic acids is 1. The summed E-state index contributed by atoms with van der Waals surface area (Å²) < 4.78 is 0. The third kappa shape index (κ3) is 3.52. The molecule has 0 bridgehead atoms. The standard InChI is InChI=1S/C10H16BrN3OS/c1-5(2)7(11)8(15)12-10-14-13-9(16-10)6(3)4/h5-7H,1-4H3,(H,12,14,15). The SMILES string of the molecule is CC(C)c1nnc(NC(=O)C(Br)C(C)C)s1. The van der Waals surface area contributed by atoms with Crippen molar-refractivity contribution in [1.29, 1.82) is 0 Å². The molecule has 1 rings (SSSR count). The molecule has 0 radical (unpaired) electrons. The summed E-state index contributed by atoms with van der Waals surface area (Å²) in [5.41, 5.74) is 0. The van der Waals surface area contributed by atoms with Crippen molar-refractivity contribution in [3.8, 4) is 0 Å². The van der Waals surface area contributed by atoms with Crippen LogP contribution < -0.4 is 5.32 Å². The Balaban J connectivity index is 2.63. The second kappa shape index (κ2) is 5.72. The van der Waals surface area contributed by atoms with Gasteiger partial charge in [-0.1, -0.05) is 55.0 Å². The molecular formula is C10H16BrN3OS. The summed E-state index contributed by atoms with van der Waals surface area (Å²) in [5, 5.41) is 12.2. The van der Waals surface area contributed by atoms with Crippen molar-refractivity contribution in [2.24, 2.45) is 5.92 Å². The number of nitrogens with zero attached hydrogens (tertiary/aromatic N) is 2. The Kier molecular flexibility index (Phi) is 4.86. The van der Waals surface area contributed by atoms with Gasteiger partial charge in [-0.25, -0.2) is 0 Å². The zero-order chi connectivity index (χ0) is 12.3.